The number of benzene rings is 2. The van der Waals surface area contributed by atoms with Crippen LogP contribution in [0.1, 0.15) is 73.4 Å². The van der Waals surface area contributed by atoms with Gasteiger partial charge in [-0.3, -0.25) is 4.79 Å². The van der Waals surface area contributed by atoms with E-state index in [-0.39, 0.29) is 17.6 Å². The number of nitrogens with one attached hydrogen (secondary N) is 1. The Kier molecular flexibility index (Phi) is 7.61. The Morgan fingerprint density at radius 3 is 2.26 bits per heavy atom. The fraction of sp³-hybridized carbons (Fsp3) is 0.346. The van der Waals surface area contributed by atoms with Gasteiger partial charge < -0.3 is 10.1 Å². The van der Waals surface area contributed by atoms with Crippen LogP contribution in [0.5, 0.6) is 0 Å². The predicted octanol–water partition coefficient (Wildman–Crippen LogP) is 5.85. The second-order valence-electron chi connectivity index (χ2n) is 8.19. The highest BCUT2D eigenvalue weighted by Gasteiger charge is 2.19. The maximum atomic E-state index is 12.5. The van der Waals surface area contributed by atoms with Gasteiger partial charge in [0.05, 0.1) is 5.56 Å². The minimum absolute atomic E-state index is 0.00134. The molecule has 0 radical (unpaired) electrons. The zero-order valence-corrected chi connectivity index (χ0v) is 18.1. The second-order valence-corrected chi connectivity index (χ2v) is 8.19. The molecule has 2 aromatic carbocycles. The van der Waals surface area contributed by atoms with Gasteiger partial charge >= 0.3 is 5.97 Å². The molecule has 0 unspecified atom stereocenters. The summed E-state index contributed by atoms with van der Waals surface area (Å²) in [5.74, 6) is -0.417. The van der Waals surface area contributed by atoms with Crippen molar-refractivity contribution in [2.75, 3.05) is 5.32 Å². The molecular formula is C26H28N2O3. The van der Waals surface area contributed by atoms with Gasteiger partial charge in [0.1, 0.15) is 17.7 Å². The van der Waals surface area contributed by atoms with E-state index in [2.05, 4.69) is 19.2 Å². The fourth-order valence-electron chi connectivity index (χ4n) is 3.58. The summed E-state index contributed by atoms with van der Waals surface area (Å²) in [6, 6.07) is 16.3. The lowest BCUT2D eigenvalue weighted by atomic mass is 9.98. The maximum absolute atomic E-state index is 12.5. The number of hydrogen-bond donors (Lipinski definition) is 1. The van der Waals surface area contributed by atoms with Crippen LogP contribution in [0.2, 0.25) is 0 Å². The molecule has 31 heavy (non-hydrogen) atoms. The summed E-state index contributed by atoms with van der Waals surface area (Å²) < 4.78 is 5.56. The maximum Gasteiger partial charge on any atom is 0.338 e. The lowest BCUT2D eigenvalue weighted by molar-refractivity contribution is -0.112. The lowest BCUT2D eigenvalue weighted by Crippen LogP contribution is -2.21. The van der Waals surface area contributed by atoms with Crippen LogP contribution in [-0.2, 0) is 9.53 Å². The molecule has 0 aromatic heterocycles. The third kappa shape index (κ3) is 6.29. The van der Waals surface area contributed by atoms with Crippen molar-refractivity contribution in [2.45, 2.75) is 58.0 Å². The van der Waals surface area contributed by atoms with E-state index in [1.807, 2.05) is 30.3 Å². The number of rotatable bonds is 6. The molecule has 5 nitrogen and oxygen atoms in total. The van der Waals surface area contributed by atoms with Gasteiger partial charge in [0, 0.05) is 5.69 Å². The van der Waals surface area contributed by atoms with Crippen molar-refractivity contribution in [3.8, 4) is 6.07 Å². The molecule has 2 aromatic rings. The summed E-state index contributed by atoms with van der Waals surface area (Å²) in [6.07, 6.45) is 6.80. The molecule has 1 aliphatic carbocycles. The molecule has 160 valence electrons. The number of hydrogen-bond acceptors (Lipinski definition) is 4. The molecule has 3 rings (SSSR count). The van der Waals surface area contributed by atoms with Crippen LogP contribution in [0.4, 0.5) is 5.69 Å². The first-order valence-corrected chi connectivity index (χ1v) is 10.8. The molecule has 0 atom stereocenters. The number of amides is 1. The number of nitriles is 1. The average Bonchev–Trinajstić information content (AvgIpc) is 2.78. The summed E-state index contributed by atoms with van der Waals surface area (Å²) in [4.78, 5) is 24.8. The molecule has 0 heterocycles. The lowest BCUT2D eigenvalue weighted by Gasteiger charge is -2.21. The molecular weight excluding hydrogens is 388 g/mol. The topological polar surface area (TPSA) is 79.2 Å². The van der Waals surface area contributed by atoms with Gasteiger partial charge in [-0.1, -0.05) is 44.5 Å². The molecule has 1 fully saturated rings. The van der Waals surface area contributed by atoms with Crippen molar-refractivity contribution in [1.29, 1.82) is 5.26 Å². The molecule has 0 spiro atoms. The largest absolute Gasteiger partial charge is 0.459 e. The summed E-state index contributed by atoms with van der Waals surface area (Å²) in [6.45, 7) is 4.22. The van der Waals surface area contributed by atoms with Crippen LogP contribution in [0.3, 0.4) is 0 Å². The first-order valence-electron chi connectivity index (χ1n) is 10.8. The van der Waals surface area contributed by atoms with Crippen molar-refractivity contribution in [3.05, 3.63) is 70.8 Å². The van der Waals surface area contributed by atoms with E-state index in [0.717, 1.165) is 31.2 Å². The third-order valence-corrected chi connectivity index (χ3v) is 5.48. The van der Waals surface area contributed by atoms with Crippen LogP contribution in [0.15, 0.2) is 54.1 Å². The van der Waals surface area contributed by atoms with Crippen molar-refractivity contribution in [1.82, 2.24) is 0 Å². The van der Waals surface area contributed by atoms with E-state index in [1.165, 1.54) is 12.0 Å². The van der Waals surface area contributed by atoms with Crippen molar-refractivity contribution in [2.24, 2.45) is 0 Å². The Morgan fingerprint density at radius 1 is 1.03 bits per heavy atom. The van der Waals surface area contributed by atoms with Crippen LogP contribution >= 0.6 is 0 Å². The highest BCUT2D eigenvalue weighted by atomic mass is 16.5. The van der Waals surface area contributed by atoms with Gasteiger partial charge in [0.2, 0.25) is 0 Å². The molecule has 0 aliphatic heterocycles. The Hall–Kier alpha value is -3.39. The number of carbonyl (C=O) groups excluding carboxylic acids is 2. The second kappa shape index (κ2) is 10.6. The summed E-state index contributed by atoms with van der Waals surface area (Å²) in [5.41, 5.74) is 2.96. The molecule has 1 amide bonds. The first kappa shape index (κ1) is 22.3. The third-order valence-electron chi connectivity index (χ3n) is 5.48. The Balaban J connectivity index is 1.62. The average molecular weight is 417 g/mol. The number of esters is 1. The van der Waals surface area contributed by atoms with Gasteiger partial charge in [-0.25, -0.2) is 4.79 Å². The summed E-state index contributed by atoms with van der Waals surface area (Å²) >= 11 is 0. The van der Waals surface area contributed by atoms with E-state index < -0.39 is 5.91 Å². The number of carbonyl (C=O) groups is 2. The molecule has 1 N–H and O–H groups in total. The minimum Gasteiger partial charge on any atom is -0.459 e. The minimum atomic E-state index is -0.493. The van der Waals surface area contributed by atoms with Crippen molar-refractivity contribution < 1.29 is 14.3 Å². The van der Waals surface area contributed by atoms with Crippen LogP contribution in [0.25, 0.3) is 6.08 Å². The quantitative estimate of drug-likeness (QED) is 0.364. The van der Waals surface area contributed by atoms with Gasteiger partial charge in [-0.2, -0.15) is 5.26 Å². The van der Waals surface area contributed by atoms with Crippen molar-refractivity contribution >= 4 is 23.6 Å². The van der Waals surface area contributed by atoms with E-state index in [0.29, 0.717) is 17.2 Å². The zero-order chi connectivity index (χ0) is 22.2. The molecule has 5 heteroatoms. The van der Waals surface area contributed by atoms with E-state index in [9.17, 15) is 14.9 Å². The summed E-state index contributed by atoms with van der Waals surface area (Å²) in [5, 5.41) is 12.1. The number of nitrogens with zero attached hydrogens (tertiary/aromatic N) is 1. The smallest absolute Gasteiger partial charge is 0.338 e. The van der Waals surface area contributed by atoms with Crippen molar-refractivity contribution in [3.63, 3.8) is 0 Å². The zero-order valence-electron chi connectivity index (χ0n) is 18.1. The number of ether oxygens (including phenoxy) is 1. The predicted molar refractivity (Wildman–Crippen MR) is 121 cm³/mol. The SMILES string of the molecule is CC(C)c1ccc(/C=C(\C#N)C(=O)Nc2ccc(C(=O)OC3CCCCC3)cc2)cc1. The molecule has 1 aliphatic rings. The Morgan fingerprint density at radius 2 is 1.68 bits per heavy atom. The Labute approximate surface area is 183 Å². The normalized spacial score (nSPS) is 14.7. The van der Waals surface area contributed by atoms with Crippen LogP contribution in [0, 0.1) is 11.3 Å². The standard InChI is InChI=1S/C26H28N2O3/c1-18(2)20-10-8-19(9-11-20)16-22(17-27)25(29)28-23-14-12-21(13-15-23)26(30)31-24-6-4-3-5-7-24/h8-16,18,24H,3-7H2,1-2H3,(H,28,29)/b22-16+. The van der Waals surface area contributed by atoms with Gasteiger partial charge in [0.15, 0.2) is 0 Å². The highest BCUT2D eigenvalue weighted by molar-refractivity contribution is 6.09. The fourth-order valence-corrected chi connectivity index (χ4v) is 3.58. The molecule has 0 bridgehead atoms. The highest BCUT2D eigenvalue weighted by Crippen LogP contribution is 2.22. The van der Waals surface area contributed by atoms with Gasteiger partial charge in [-0.05, 0) is 73.1 Å². The van der Waals surface area contributed by atoms with Crippen LogP contribution < -0.4 is 5.32 Å². The monoisotopic (exact) mass is 416 g/mol. The summed E-state index contributed by atoms with van der Waals surface area (Å²) in [7, 11) is 0. The first-order chi connectivity index (χ1) is 15.0. The van der Waals surface area contributed by atoms with E-state index >= 15 is 0 Å². The number of anilines is 1. The van der Waals surface area contributed by atoms with E-state index in [1.54, 1.807) is 30.3 Å². The van der Waals surface area contributed by atoms with Gasteiger partial charge in [0.25, 0.3) is 5.91 Å². The molecule has 0 saturated heterocycles. The molecule has 1 saturated carbocycles. The Bertz CT molecular complexity index is 977. The van der Waals surface area contributed by atoms with E-state index in [4.69, 9.17) is 4.74 Å². The van der Waals surface area contributed by atoms with Crippen LogP contribution in [-0.4, -0.2) is 18.0 Å². The van der Waals surface area contributed by atoms with Gasteiger partial charge in [-0.15, -0.1) is 0 Å².